The summed E-state index contributed by atoms with van der Waals surface area (Å²) < 4.78 is 18.5. The zero-order valence-corrected chi connectivity index (χ0v) is 34.4. The maximum absolute atomic E-state index is 13.3. The summed E-state index contributed by atoms with van der Waals surface area (Å²) in [4.78, 5) is 43.4. The highest BCUT2D eigenvalue weighted by Gasteiger charge is 2.50. The van der Waals surface area contributed by atoms with Crippen molar-refractivity contribution in [1.82, 2.24) is 20.9 Å². The number of carbonyl (C=O) groups is 3. The van der Waals surface area contributed by atoms with E-state index in [-0.39, 0.29) is 31.3 Å². The van der Waals surface area contributed by atoms with E-state index in [1.165, 1.54) is 7.11 Å². The van der Waals surface area contributed by atoms with Gasteiger partial charge in [0.1, 0.15) is 11.6 Å². The first-order valence-electron chi connectivity index (χ1n) is 21.0. The van der Waals surface area contributed by atoms with Crippen molar-refractivity contribution in [2.75, 3.05) is 38.3 Å². The third kappa shape index (κ3) is 9.79. The third-order valence-electron chi connectivity index (χ3n) is 12.1. The average Bonchev–Trinajstić information content (AvgIpc) is 3.63. The molecule has 0 bridgehead atoms. The number of anilines is 1. The van der Waals surface area contributed by atoms with E-state index in [4.69, 9.17) is 14.2 Å². The Bertz CT molecular complexity index is 2270. The molecule has 3 saturated heterocycles. The Hall–Kier alpha value is -6.05. The molecule has 316 valence electrons. The molecule has 0 radical (unpaired) electrons. The van der Waals surface area contributed by atoms with Crippen LogP contribution < -0.4 is 20.9 Å². The Balaban J connectivity index is 0.945. The molecular weight excluding hydrogens is 771 g/mol. The van der Waals surface area contributed by atoms with E-state index in [1.54, 1.807) is 0 Å². The number of likely N-dealkylation sites (tertiary alicyclic amines) is 1. The number of urea groups is 1. The zero-order chi connectivity index (χ0) is 42.2. The lowest BCUT2D eigenvalue weighted by molar-refractivity contribution is -0.253. The van der Waals surface area contributed by atoms with Crippen LogP contribution in [0.15, 0.2) is 133 Å². The van der Waals surface area contributed by atoms with Gasteiger partial charge >= 0.3 is 12.0 Å². The molecule has 3 aliphatic rings. The molecule has 0 unspecified atom stereocenters. The van der Waals surface area contributed by atoms with Crippen molar-refractivity contribution in [1.29, 1.82) is 0 Å². The molecule has 8 rings (SSSR count). The van der Waals surface area contributed by atoms with Gasteiger partial charge in [0.25, 0.3) is 0 Å². The van der Waals surface area contributed by atoms with Gasteiger partial charge in [-0.15, -0.1) is 0 Å². The van der Waals surface area contributed by atoms with E-state index in [0.717, 1.165) is 70.6 Å². The van der Waals surface area contributed by atoms with Crippen LogP contribution in [-0.4, -0.2) is 79.0 Å². The molecule has 3 amide bonds. The van der Waals surface area contributed by atoms with Crippen LogP contribution in [0.4, 0.5) is 10.5 Å². The fourth-order valence-corrected chi connectivity index (χ4v) is 8.76. The van der Waals surface area contributed by atoms with Crippen molar-refractivity contribution in [3.05, 3.63) is 161 Å². The molecule has 5 aromatic carbocycles. The molecule has 5 aromatic rings. The van der Waals surface area contributed by atoms with Crippen molar-refractivity contribution < 1.29 is 33.7 Å². The largest absolute Gasteiger partial charge is 0.467 e. The van der Waals surface area contributed by atoms with Gasteiger partial charge in [0.05, 0.1) is 32.6 Å². The molecule has 3 fully saturated rings. The second-order valence-corrected chi connectivity index (χ2v) is 16.0. The fraction of sp³-hybridized carbons (Fsp3) is 0.327. The molecule has 12 nitrogen and oxygen atoms in total. The van der Waals surface area contributed by atoms with E-state index >= 15 is 0 Å². The molecule has 0 aliphatic carbocycles. The lowest BCUT2D eigenvalue weighted by atomic mass is 9.85. The summed E-state index contributed by atoms with van der Waals surface area (Å²) in [7, 11) is 1.31. The zero-order valence-electron chi connectivity index (χ0n) is 34.4. The SMILES string of the molecule is COC(=O)[C@H](Cc1ccccc1)NC(=O)NCc1cccc(-c2cccc([C@@H]3O[C@H](CN4CCC5(CC4)C(=O)NCN5c4ccccc4)C[C@H](c4ccc(CO)cc4)O3)c2)c1. The van der Waals surface area contributed by atoms with Crippen molar-refractivity contribution in [2.24, 2.45) is 0 Å². The molecule has 4 N–H and O–H groups in total. The van der Waals surface area contributed by atoms with Crippen molar-refractivity contribution in [3.63, 3.8) is 0 Å². The molecule has 3 aliphatic heterocycles. The summed E-state index contributed by atoms with van der Waals surface area (Å²) in [5, 5.41) is 18.5. The average molecular weight is 824 g/mol. The summed E-state index contributed by atoms with van der Waals surface area (Å²) in [5.41, 5.74) is 6.96. The lowest BCUT2D eigenvalue weighted by Crippen LogP contribution is -2.57. The summed E-state index contributed by atoms with van der Waals surface area (Å²) in [6, 6.07) is 42.4. The Morgan fingerprint density at radius 1 is 0.820 bits per heavy atom. The van der Waals surface area contributed by atoms with E-state index in [2.05, 4.69) is 43.9 Å². The number of piperidine rings is 1. The summed E-state index contributed by atoms with van der Waals surface area (Å²) in [6.45, 7) is 2.95. The topological polar surface area (TPSA) is 142 Å². The minimum atomic E-state index is -0.831. The minimum absolute atomic E-state index is 0.0296. The molecule has 3 heterocycles. The molecule has 4 atom stereocenters. The first kappa shape index (κ1) is 41.7. The minimum Gasteiger partial charge on any atom is -0.467 e. The highest BCUT2D eigenvalue weighted by atomic mass is 16.7. The summed E-state index contributed by atoms with van der Waals surface area (Å²) in [6.07, 6.45) is 1.38. The number of nitrogens with zero attached hydrogens (tertiary/aromatic N) is 2. The van der Waals surface area contributed by atoms with Crippen molar-refractivity contribution >= 4 is 23.6 Å². The van der Waals surface area contributed by atoms with Crippen LogP contribution in [0.2, 0.25) is 0 Å². The Labute approximate surface area is 356 Å². The van der Waals surface area contributed by atoms with Gasteiger partial charge in [0, 0.05) is 50.3 Å². The molecule has 0 saturated carbocycles. The number of rotatable bonds is 13. The Morgan fingerprint density at radius 2 is 1.51 bits per heavy atom. The maximum atomic E-state index is 13.3. The number of esters is 1. The number of amides is 3. The predicted octanol–water partition coefficient (Wildman–Crippen LogP) is 6.40. The fourth-order valence-electron chi connectivity index (χ4n) is 8.76. The van der Waals surface area contributed by atoms with Crippen molar-refractivity contribution in [3.8, 4) is 11.1 Å². The third-order valence-corrected chi connectivity index (χ3v) is 12.1. The van der Waals surface area contributed by atoms with Crippen LogP contribution in [0, 0.1) is 0 Å². The quantitative estimate of drug-likeness (QED) is 0.0993. The van der Waals surface area contributed by atoms with Gasteiger partial charge in [-0.25, -0.2) is 9.59 Å². The highest BCUT2D eigenvalue weighted by molar-refractivity contribution is 5.93. The molecule has 61 heavy (non-hydrogen) atoms. The van der Waals surface area contributed by atoms with Gasteiger partial charge < -0.3 is 45.1 Å². The van der Waals surface area contributed by atoms with Crippen LogP contribution in [-0.2, 0) is 43.4 Å². The molecule has 1 spiro atoms. The van der Waals surface area contributed by atoms with Gasteiger partial charge in [0.2, 0.25) is 5.91 Å². The number of hydrogen-bond donors (Lipinski definition) is 4. The number of nitrogens with one attached hydrogen (secondary N) is 3. The van der Waals surface area contributed by atoms with Crippen LogP contribution in [0.1, 0.15) is 59.5 Å². The lowest BCUT2D eigenvalue weighted by Gasteiger charge is -2.45. The molecule has 0 aromatic heterocycles. The maximum Gasteiger partial charge on any atom is 0.328 e. The standard InChI is InChI=1S/C49H53N5O7/c1-59-45(56)43(27-34-10-4-2-5-11-34)52-48(58)50-30-36-12-8-13-38(26-36)39-14-9-15-40(28-39)46-60-42(29-44(61-46)37-20-18-35(32-55)19-21-37)31-53-24-22-49(23-25-53)47(57)51-33-54(49)41-16-6-3-7-17-41/h2-21,26,28,42-44,46,55H,22-25,27,29-33H2,1H3,(H,51,57)(H2,50,52,58)/t42-,43-,44+,46+/m0/s1. The van der Waals surface area contributed by atoms with Gasteiger partial charge in [-0.1, -0.05) is 109 Å². The Kier molecular flexibility index (Phi) is 13.1. The number of aliphatic hydroxyl groups is 1. The van der Waals surface area contributed by atoms with E-state index in [9.17, 15) is 19.5 Å². The smallest absolute Gasteiger partial charge is 0.328 e. The number of carbonyl (C=O) groups excluding carboxylic acids is 3. The number of benzene rings is 5. The van der Waals surface area contributed by atoms with Crippen molar-refractivity contribution in [2.45, 2.75) is 68.9 Å². The molecular formula is C49H53N5O7. The van der Waals surface area contributed by atoms with Gasteiger partial charge in [0.15, 0.2) is 6.29 Å². The first-order chi connectivity index (χ1) is 29.8. The summed E-state index contributed by atoms with van der Waals surface area (Å²) in [5.74, 6) is -0.418. The second-order valence-electron chi connectivity index (χ2n) is 16.0. The highest BCUT2D eigenvalue weighted by Crippen LogP contribution is 2.41. The first-order valence-corrected chi connectivity index (χ1v) is 21.0. The summed E-state index contributed by atoms with van der Waals surface area (Å²) >= 11 is 0. The van der Waals surface area contributed by atoms with Crippen LogP contribution in [0.3, 0.4) is 0 Å². The second kappa shape index (κ2) is 19.1. The predicted molar refractivity (Wildman–Crippen MR) is 232 cm³/mol. The monoisotopic (exact) mass is 823 g/mol. The number of para-hydroxylation sites is 1. The number of aliphatic hydroxyl groups excluding tert-OH is 1. The van der Waals surface area contributed by atoms with Crippen LogP contribution in [0.5, 0.6) is 0 Å². The van der Waals surface area contributed by atoms with Gasteiger partial charge in [-0.05, 0) is 70.5 Å². The van der Waals surface area contributed by atoms with E-state index < -0.39 is 29.9 Å². The molecule has 12 heteroatoms. The van der Waals surface area contributed by atoms with Crippen LogP contribution >= 0.6 is 0 Å². The number of ether oxygens (including phenoxy) is 3. The normalized spacial score (nSPS) is 20.5. The Morgan fingerprint density at radius 3 is 2.23 bits per heavy atom. The van der Waals surface area contributed by atoms with E-state index in [1.807, 2.05) is 115 Å². The number of hydrogen-bond acceptors (Lipinski definition) is 9. The van der Waals surface area contributed by atoms with E-state index in [0.29, 0.717) is 26.1 Å². The van der Waals surface area contributed by atoms with Gasteiger partial charge in [-0.3, -0.25) is 4.79 Å². The van der Waals surface area contributed by atoms with Gasteiger partial charge in [-0.2, -0.15) is 0 Å². The van der Waals surface area contributed by atoms with Crippen LogP contribution in [0.25, 0.3) is 11.1 Å². The number of methoxy groups -OCH3 is 1.